The standard InChI is InChI=1S/C10H11Br2NO5S/c1-18-2-3-19(16,17)13-9-7(10(14)15)4-6(11)5-8(9)12/h4-5,13H,2-3H2,1H3,(H,14,15). The van der Waals surface area contributed by atoms with E-state index < -0.39 is 16.0 Å². The molecule has 0 aliphatic heterocycles. The molecule has 0 unspecified atom stereocenters. The minimum absolute atomic E-state index is 0.00759. The van der Waals surface area contributed by atoms with Gasteiger partial charge in [0.15, 0.2) is 0 Å². The van der Waals surface area contributed by atoms with Gasteiger partial charge in [0.2, 0.25) is 10.0 Å². The van der Waals surface area contributed by atoms with Crippen LogP contribution in [0.2, 0.25) is 0 Å². The number of hydrogen-bond acceptors (Lipinski definition) is 4. The number of ether oxygens (including phenoxy) is 1. The Labute approximate surface area is 127 Å². The van der Waals surface area contributed by atoms with Gasteiger partial charge in [-0.2, -0.15) is 0 Å². The lowest BCUT2D eigenvalue weighted by Crippen LogP contribution is -2.21. The van der Waals surface area contributed by atoms with Crippen molar-refractivity contribution >= 4 is 53.5 Å². The van der Waals surface area contributed by atoms with Crippen molar-refractivity contribution in [3.63, 3.8) is 0 Å². The number of halogens is 2. The predicted molar refractivity (Wildman–Crippen MR) is 78.1 cm³/mol. The smallest absolute Gasteiger partial charge is 0.337 e. The number of methoxy groups -OCH3 is 1. The molecular formula is C10H11Br2NO5S. The Morgan fingerprint density at radius 1 is 1.42 bits per heavy atom. The summed E-state index contributed by atoms with van der Waals surface area (Å²) >= 11 is 6.28. The van der Waals surface area contributed by atoms with E-state index in [4.69, 9.17) is 5.11 Å². The Morgan fingerprint density at radius 3 is 2.58 bits per heavy atom. The second-order valence-corrected chi connectivity index (χ2v) is 7.14. The molecule has 0 heterocycles. The van der Waals surface area contributed by atoms with Gasteiger partial charge in [0.05, 0.1) is 23.6 Å². The van der Waals surface area contributed by atoms with E-state index in [1.165, 1.54) is 13.2 Å². The van der Waals surface area contributed by atoms with Crippen LogP contribution in [0.25, 0.3) is 0 Å². The summed E-state index contributed by atoms with van der Waals surface area (Å²) in [5.41, 5.74) is -0.158. The van der Waals surface area contributed by atoms with Gasteiger partial charge in [-0.05, 0) is 28.1 Å². The summed E-state index contributed by atoms with van der Waals surface area (Å²) < 4.78 is 31.3. The van der Waals surface area contributed by atoms with Crippen molar-refractivity contribution in [2.45, 2.75) is 0 Å². The summed E-state index contributed by atoms with van der Waals surface area (Å²) in [5.74, 6) is -1.49. The lowest BCUT2D eigenvalue weighted by atomic mass is 10.2. The van der Waals surface area contributed by atoms with Crippen molar-refractivity contribution in [3.8, 4) is 0 Å². The fourth-order valence-electron chi connectivity index (χ4n) is 1.25. The molecule has 0 saturated heterocycles. The van der Waals surface area contributed by atoms with Crippen LogP contribution < -0.4 is 4.72 Å². The van der Waals surface area contributed by atoms with Crippen LogP contribution in [-0.2, 0) is 14.8 Å². The van der Waals surface area contributed by atoms with Crippen LogP contribution >= 0.6 is 31.9 Å². The minimum atomic E-state index is -3.67. The number of anilines is 1. The van der Waals surface area contributed by atoms with E-state index in [1.807, 2.05) is 0 Å². The van der Waals surface area contributed by atoms with Gasteiger partial charge >= 0.3 is 5.97 Å². The van der Waals surface area contributed by atoms with Crippen LogP contribution in [0.3, 0.4) is 0 Å². The van der Waals surface area contributed by atoms with Crippen molar-refractivity contribution in [1.29, 1.82) is 0 Å². The number of sulfonamides is 1. The molecule has 0 atom stereocenters. The van der Waals surface area contributed by atoms with Crippen molar-refractivity contribution in [3.05, 3.63) is 26.6 Å². The van der Waals surface area contributed by atoms with Gasteiger partial charge in [-0.3, -0.25) is 4.72 Å². The third kappa shape index (κ3) is 4.75. The highest BCUT2D eigenvalue weighted by Gasteiger charge is 2.19. The molecule has 0 aromatic heterocycles. The SMILES string of the molecule is COCCS(=O)(=O)Nc1c(Br)cc(Br)cc1C(=O)O. The topological polar surface area (TPSA) is 92.7 Å². The van der Waals surface area contributed by atoms with Gasteiger partial charge in [-0.25, -0.2) is 13.2 Å². The summed E-state index contributed by atoms with van der Waals surface area (Å²) in [6, 6.07) is 2.88. The molecule has 1 aromatic carbocycles. The molecule has 2 N–H and O–H groups in total. The molecule has 0 amide bonds. The summed E-state index contributed by atoms with van der Waals surface area (Å²) in [4.78, 5) is 11.1. The molecule has 0 bridgehead atoms. The number of nitrogens with one attached hydrogen (secondary N) is 1. The predicted octanol–water partition coefficient (Wildman–Crippen LogP) is 2.30. The van der Waals surface area contributed by atoms with Crippen LogP contribution in [0.1, 0.15) is 10.4 Å². The number of carboxylic acids is 1. The molecule has 106 valence electrons. The second kappa shape index (κ2) is 6.69. The maximum absolute atomic E-state index is 11.8. The number of hydrogen-bond donors (Lipinski definition) is 2. The Balaban J connectivity index is 3.17. The number of benzene rings is 1. The molecule has 0 radical (unpaired) electrons. The van der Waals surface area contributed by atoms with Crippen LogP contribution in [0, 0.1) is 0 Å². The van der Waals surface area contributed by atoms with Crippen LogP contribution in [0.5, 0.6) is 0 Å². The fourth-order valence-corrected chi connectivity index (χ4v) is 3.72. The van der Waals surface area contributed by atoms with Gasteiger partial charge in [-0.1, -0.05) is 15.9 Å². The summed E-state index contributed by atoms with van der Waals surface area (Å²) in [6.45, 7) is 0.0197. The summed E-state index contributed by atoms with van der Waals surface area (Å²) in [5, 5.41) is 9.09. The van der Waals surface area contributed by atoms with E-state index in [0.717, 1.165) is 0 Å². The normalized spacial score (nSPS) is 11.3. The van der Waals surface area contributed by atoms with Crippen LogP contribution in [0.4, 0.5) is 5.69 Å². The maximum atomic E-state index is 11.8. The minimum Gasteiger partial charge on any atom is -0.478 e. The Hall–Kier alpha value is -0.640. The van der Waals surface area contributed by atoms with Crippen molar-refractivity contribution in [2.75, 3.05) is 24.2 Å². The van der Waals surface area contributed by atoms with E-state index in [1.54, 1.807) is 6.07 Å². The molecule has 1 rings (SSSR count). The van der Waals surface area contributed by atoms with E-state index in [9.17, 15) is 13.2 Å². The Kier molecular flexibility index (Phi) is 5.78. The number of carboxylic acid groups (broad SMARTS) is 1. The maximum Gasteiger partial charge on any atom is 0.337 e. The van der Waals surface area contributed by atoms with Crippen molar-refractivity contribution in [1.82, 2.24) is 0 Å². The lowest BCUT2D eigenvalue weighted by molar-refractivity contribution is 0.0698. The molecule has 0 aliphatic carbocycles. The van der Waals surface area contributed by atoms with Crippen molar-refractivity contribution in [2.24, 2.45) is 0 Å². The first-order chi connectivity index (χ1) is 8.76. The largest absolute Gasteiger partial charge is 0.478 e. The highest BCUT2D eigenvalue weighted by Crippen LogP contribution is 2.31. The first-order valence-electron chi connectivity index (χ1n) is 4.98. The average molecular weight is 417 g/mol. The summed E-state index contributed by atoms with van der Waals surface area (Å²) in [6.07, 6.45) is 0. The third-order valence-corrected chi connectivity index (χ3v) is 4.40. The zero-order valence-electron chi connectivity index (χ0n) is 9.81. The van der Waals surface area contributed by atoms with E-state index >= 15 is 0 Å². The van der Waals surface area contributed by atoms with Crippen molar-refractivity contribution < 1.29 is 23.1 Å². The highest BCUT2D eigenvalue weighted by molar-refractivity contribution is 9.11. The molecule has 0 spiro atoms. The molecule has 0 saturated carbocycles. The molecule has 1 aromatic rings. The Bertz CT molecular complexity index is 588. The number of rotatable bonds is 6. The van der Waals surface area contributed by atoms with E-state index in [0.29, 0.717) is 8.95 Å². The fraction of sp³-hybridized carbons (Fsp3) is 0.300. The first kappa shape index (κ1) is 16.4. The number of aromatic carboxylic acids is 1. The lowest BCUT2D eigenvalue weighted by Gasteiger charge is -2.12. The van der Waals surface area contributed by atoms with Gasteiger partial charge in [-0.15, -0.1) is 0 Å². The number of carbonyl (C=O) groups is 1. The highest BCUT2D eigenvalue weighted by atomic mass is 79.9. The van der Waals surface area contributed by atoms with Gasteiger partial charge in [0, 0.05) is 16.1 Å². The molecular weight excluding hydrogens is 406 g/mol. The van der Waals surface area contributed by atoms with E-state index in [2.05, 4.69) is 41.3 Å². The van der Waals surface area contributed by atoms with Crippen LogP contribution in [-0.4, -0.2) is 39.0 Å². The zero-order valence-corrected chi connectivity index (χ0v) is 13.8. The average Bonchev–Trinajstić information content (AvgIpc) is 2.29. The molecule has 19 heavy (non-hydrogen) atoms. The van der Waals surface area contributed by atoms with E-state index in [-0.39, 0.29) is 23.6 Å². The third-order valence-electron chi connectivity index (χ3n) is 2.10. The summed E-state index contributed by atoms with van der Waals surface area (Å²) in [7, 11) is -2.29. The van der Waals surface area contributed by atoms with Gasteiger partial charge in [0.1, 0.15) is 0 Å². The first-order valence-corrected chi connectivity index (χ1v) is 8.22. The zero-order chi connectivity index (χ0) is 14.6. The second-order valence-electron chi connectivity index (χ2n) is 3.53. The molecule has 9 heteroatoms. The van der Waals surface area contributed by atoms with Gasteiger partial charge < -0.3 is 9.84 Å². The molecule has 0 aliphatic rings. The van der Waals surface area contributed by atoms with Gasteiger partial charge in [0.25, 0.3) is 0 Å². The van der Waals surface area contributed by atoms with Crippen LogP contribution in [0.15, 0.2) is 21.1 Å². The Morgan fingerprint density at radius 2 is 2.05 bits per heavy atom. The monoisotopic (exact) mass is 415 g/mol. The molecule has 0 fully saturated rings. The molecule has 6 nitrogen and oxygen atoms in total. The quantitative estimate of drug-likeness (QED) is 0.742.